The summed E-state index contributed by atoms with van der Waals surface area (Å²) in [6.45, 7) is 2.05. The summed E-state index contributed by atoms with van der Waals surface area (Å²) in [4.78, 5) is 28.4. The number of nitrogens with zero attached hydrogens (tertiary/aromatic N) is 6. The van der Waals surface area contributed by atoms with Crippen molar-refractivity contribution in [3.8, 4) is 0 Å². The normalized spacial score (nSPS) is 14.9. The van der Waals surface area contributed by atoms with Crippen LogP contribution in [0.1, 0.15) is 10.4 Å². The van der Waals surface area contributed by atoms with E-state index in [0.717, 1.165) is 5.39 Å². The van der Waals surface area contributed by atoms with Crippen LogP contribution in [-0.2, 0) is 11.3 Å². The van der Waals surface area contributed by atoms with Gasteiger partial charge in [-0.25, -0.2) is 4.68 Å². The number of benzene rings is 1. The zero-order chi connectivity index (χ0) is 17.2. The Hall–Kier alpha value is -3.23. The molecule has 3 heterocycles. The number of fused-ring (bicyclic) bond motifs is 1. The van der Waals surface area contributed by atoms with Gasteiger partial charge in [0.15, 0.2) is 0 Å². The van der Waals surface area contributed by atoms with Crippen molar-refractivity contribution in [2.45, 2.75) is 6.54 Å². The molecular weight excluding hydrogens is 324 g/mol. The summed E-state index contributed by atoms with van der Waals surface area (Å²) < 4.78 is 6.83. The van der Waals surface area contributed by atoms with Gasteiger partial charge in [-0.1, -0.05) is 18.2 Å². The van der Waals surface area contributed by atoms with E-state index in [1.54, 1.807) is 9.80 Å². The second-order valence-electron chi connectivity index (χ2n) is 5.83. The van der Waals surface area contributed by atoms with Crippen LogP contribution in [-0.4, -0.2) is 68.0 Å². The predicted octanol–water partition coefficient (Wildman–Crippen LogP) is 0.404. The lowest BCUT2D eigenvalue weighted by Gasteiger charge is -2.34. The fourth-order valence-corrected chi connectivity index (χ4v) is 2.96. The largest absolute Gasteiger partial charge is 0.463 e. The number of furan rings is 1. The molecule has 0 unspecified atom stereocenters. The lowest BCUT2D eigenvalue weighted by Crippen LogP contribution is -2.51. The number of tetrazole rings is 1. The van der Waals surface area contributed by atoms with Gasteiger partial charge in [0.05, 0.1) is 5.56 Å². The Morgan fingerprint density at radius 1 is 1.08 bits per heavy atom. The van der Waals surface area contributed by atoms with E-state index in [0.29, 0.717) is 37.3 Å². The van der Waals surface area contributed by atoms with Gasteiger partial charge >= 0.3 is 0 Å². The van der Waals surface area contributed by atoms with Crippen LogP contribution in [0, 0.1) is 0 Å². The van der Waals surface area contributed by atoms with Crippen LogP contribution < -0.4 is 0 Å². The minimum Gasteiger partial charge on any atom is -0.463 e. The molecule has 1 aliphatic heterocycles. The zero-order valence-electron chi connectivity index (χ0n) is 13.4. The van der Waals surface area contributed by atoms with Crippen LogP contribution in [0.3, 0.4) is 0 Å². The number of hydrogen-bond donors (Lipinski definition) is 0. The van der Waals surface area contributed by atoms with Crippen LogP contribution in [0.4, 0.5) is 0 Å². The van der Waals surface area contributed by atoms with E-state index in [4.69, 9.17) is 4.42 Å². The molecule has 1 saturated heterocycles. The van der Waals surface area contributed by atoms with Gasteiger partial charge in [0.25, 0.3) is 5.91 Å². The van der Waals surface area contributed by atoms with Crippen molar-refractivity contribution in [1.82, 2.24) is 30.0 Å². The molecule has 0 N–H and O–H groups in total. The molecule has 1 aromatic carbocycles. The number of carbonyl (C=O) groups excluding carboxylic acids is 2. The summed E-state index contributed by atoms with van der Waals surface area (Å²) in [7, 11) is 0. The monoisotopic (exact) mass is 340 g/mol. The van der Waals surface area contributed by atoms with Crippen molar-refractivity contribution in [1.29, 1.82) is 0 Å². The second kappa shape index (κ2) is 6.34. The standard InChI is InChI=1S/C16H16N6O3/c23-15(9-22-11-17-18-19-22)20-5-7-21(8-6-20)16(24)13-10-25-14-4-2-1-3-12(13)14/h1-4,10-11H,5-9H2. The summed E-state index contributed by atoms with van der Waals surface area (Å²) in [5, 5.41) is 11.5. The lowest BCUT2D eigenvalue weighted by atomic mass is 10.1. The lowest BCUT2D eigenvalue weighted by molar-refractivity contribution is -0.133. The molecule has 0 aliphatic carbocycles. The van der Waals surface area contributed by atoms with Gasteiger partial charge in [-0.15, -0.1) is 5.10 Å². The Balaban J connectivity index is 1.40. The molecule has 4 rings (SSSR count). The number of amides is 2. The summed E-state index contributed by atoms with van der Waals surface area (Å²) in [5.74, 6) is -0.134. The first-order valence-electron chi connectivity index (χ1n) is 7.96. The Bertz CT molecular complexity index is 896. The molecule has 9 heteroatoms. The smallest absolute Gasteiger partial charge is 0.257 e. The van der Waals surface area contributed by atoms with Gasteiger partial charge in [0.2, 0.25) is 5.91 Å². The second-order valence-corrected chi connectivity index (χ2v) is 5.83. The SMILES string of the molecule is O=C(Cn1cnnn1)N1CCN(C(=O)c2coc3ccccc23)CC1. The third kappa shape index (κ3) is 2.95. The van der Waals surface area contributed by atoms with Gasteiger partial charge in [0.1, 0.15) is 24.7 Å². The van der Waals surface area contributed by atoms with Crippen molar-refractivity contribution in [3.63, 3.8) is 0 Å². The predicted molar refractivity (Wildman–Crippen MR) is 86.5 cm³/mol. The van der Waals surface area contributed by atoms with Gasteiger partial charge in [-0.2, -0.15) is 0 Å². The third-order valence-corrected chi connectivity index (χ3v) is 4.32. The van der Waals surface area contributed by atoms with Crippen molar-refractivity contribution in [2.75, 3.05) is 26.2 Å². The minimum absolute atomic E-state index is 0.0619. The van der Waals surface area contributed by atoms with E-state index < -0.39 is 0 Å². The molecule has 2 amide bonds. The number of hydrogen-bond acceptors (Lipinski definition) is 6. The Morgan fingerprint density at radius 2 is 1.84 bits per heavy atom. The topological polar surface area (TPSA) is 97.4 Å². The first-order chi connectivity index (χ1) is 12.2. The van der Waals surface area contributed by atoms with Crippen molar-refractivity contribution < 1.29 is 14.0 Å². The van der Waals surface area contributed by atoms with Crippen LogP contribution >= 0.6 is 0 Å². The molecule has 0 radical (unpaired) electrons. The van der Waals surface area contributed by atoms with Crippen LogP contribution in [0.2, 0.25) is 0 Å². The molecule has 1 fully saturated rings. The van der Waals surface area contributed by atoms with Gasteiger partial charge in [-0.05, 0) is 16.5 Å². The van der Waals surface area contributed by atoms with Gasteiger partial charge in [-0.3, -0.25) is 9.59 Å². The van der Waals surface area contributed by atoms with Crippen LogP contribution in [0.25, 0.3) is 11.0 Å². The van der Waals surface area contributed by atoms with Gasteiger partial charge in [0, 0.05) is 31.6 Å². The molecule has 25 heavy (non-hydrogen) atoms. The van der Waals surface area contributed by atoms with Crippen molar-refractivity contribution in [2.24, 2.45) is 0 Å². The average Bonchev–Trinajstić information content (AvgIpc) is 3.31. The molecule has 9 nitrogen and oxygen atoms in total. The Morgan fingerprint density at radius 3 is 2.60 bits per heavy atom. The van der Waals surface area contributed by atoms with Gasteiger partial charge < -0.3 is 14.2 Å². The fourth-order valence-electron chi connectivity index (χ4n) is 2.96. The number of aromatic nitrogens is 4. The Labute approximate surface area is 142 Å². The molecule has 0 bridgehead atoms. The van der Waals surface area contributed by atoms with Crippen molar-refractivity contribution >= 4 is 22.8 Å². The maximum Gasteiger partial charge on any atom is 0.257 e. The molecule has 0 atom stereocenters. The third-order valence-electron chi connectivity index (χ3n) is 4.32. The van der Waals surface area contributed by atoms with E-state index in [1.807, 2.05) is 24.3 Å². The highest BCUT2D eigenvalue weighted by atomic mass is 16.3. The fraction of sp³-hybridized carbons (Fsp3) is 0.312. The molecular formula is C16H16N6O3. The van der Waals surface area contributed by atoms with Crippen LogP contribution in [0.15, 0.2) is 41.3 Å². The first-order valence-corrected chi connectivity index (χ1v) is 7.96. The zero-order valence-corrected chi connectivity index (χ0v) is 13.4. The number of piperazine rings is 1. The Kier molecular flexibility index (Phi) is 3.88. The molecule has 3 aromatic rings. The summed E-state index contributed by atoms with van der Waals surface area (Å²) in [5.41, 5.74) is 1.25. The summed E-state index contributed by atoms with van der Waals surface area (Å²) in [6, 6.07) is 7.46. The summed E-state index contributed by atoms with van der Waals surface area (Å²) in [6.07, 6.45) is 2.91. The van der Waals surface area contributed by atoms with Crippen LogP contribution in [0.5, 0.6) is 0 Å². The van der Waals surface area contributed by atoms with E-state index >= 15 is 0 Å². The number of para-hydroxylation sites is 1. The van der Waals surface area contributed by atoms with E-state index in [2.05, 4.69) is 15.5 Å². The highest BCUT2D eigenvalue weighted by molar-refractivity contribution is 6.05. The number of carbonyl (C=O) groups is 2. The number of rotatable bonds is 3. The molecule has 0 saturated carbocycles. The highest BCUT2D eigenvalue weighted by Gasteiger charge is 2.26. The quantitative estimate of drug-likeness (QED) is 0.685. The maximum atomic E-state index is 12.7. The average molecular weight is 340 g/mol. The highest BCUT2D eigenvalue weighted by Crippen LogP contribution is 2.22. The molecule has 128 valence electrons. The molecule has 2 aromatic heterocycles. The first kappa shape index (κ1) is 15.3. The minimum atomic E-state index is -0.0717. The molecule has 1 aliphatic rings. The van der Waals surface area contributed by atoms with Crippen molar-refractivity contribution in [3.05, 3.63) is 42.4 Å². The molecule has 0 spiro atoms. The maximum absolute atomic E-state index is 12.7. The van der Waals surface area contributed by atoms with E-state index in [-0.39, 0.29) is 18.4 Å². The van der Waals surface area contributed by atoms with E-state index in [9.17, 15) is 9.59 Å². The van der Waals surface area contributed by atoms with E-state index in [1.165, 1.54) is 17.3 Å². The summed E-state index contributed by atoms with van der Waals surface area (Å²) >= 11 is 0.